The van der Waals surface area contributed by atoms with Crippen molar-refractivity contribution in [3.05, 3.63) is 194 Å². The lowest BCUT2D eigenvalue weighted by Crippen LogP contribution is -2.30. The average Bonchev–Trinajstić information content (AvgIpc) is 3.33. The number of ether oxygens (including phenoxy) is 3. The van der Waals surface area contributed by atoms with Crippen molar-refractivity contribution < 1.29 is 28.6 Å². The van der Waals surface area contributed by atoms with Crippen LogP contribution in [0.5, 0.6) is 0 Å². The Labute approximate surface area is 407 Å². The molecule has 0 aliphatic rings. The van der Waals surface area contributed by atoms with E-state index >= 15 is 0 Å². The van der Waals surface area contributed by atoms with Crippen molar-refractivity contribution >= 4 is 17.9 Å². The quantitative estimate of drug-likeness (QED) is 0.0200. The van der Waals surface area contributed by atoms with Gasteiger partial charge in [-0.25, -0.2) is 0 Å². The van der Waals surface area contributed by atoms with E-state index in [1.165, 1.54) is 0 Å². The molecule has 0 aromatic carbocycles. The van der Waals surface area contributed by atoms with Crippen LogP contribution in [0, 0.1) is 0 Å². The van der Waals surface area contributed by atoms with Gasteiger partial charge in [0.2, 0.25) is 0 Å². The minimum atomic E-state index is -0.856. The second-order valence-electron chi connectivity index (χ2n) is 15.5. The summed E-state index contributed by atoms with van der Waals surface area (Å²) in [7, 11) is 0. The van der Waals surface area contributed by atoms with E-state index in [0.29, 0.717) is 19.3 Å². The molecule has 0 fully saturated rings. The van der Waals surface area contributed by atoms with Crippen LogP contribution in [0.4, 0.5) is 0 Å². The van der Waals surface area contributed by atoms with Gasteiger partial charge in [-0.3, -0.25) is 14.4 Å². The zero-order valence-electron chi connectivity index (χ0n) is 41.6. The summed E-state index contributed by atoms with van der Waals surface area (Å²) in [5, 5.41) is 0. The van der Waals surface area contributed by atoms with E-state index < -0.39 is 12.1 Å². The predicted octanol–water partition coefficient (Wildman–Crippen LogP) is 16.7. The molecule has 0 N–H and O–H groups in total. The molecule has 6 nitrogen and oxygen atoms in total. The van der Waals surface area contributed by atoms with Gasteiger partial charge in [0, 0.05) is 19.3 Å². The number of carbonyl (C=O) groups is 3. The number of esters is 3. The molecule has 0 aromatic rings. The highest BCUT2D eigenvalue weighted by Gasteiger charge is 2.19. The van der Waals surface area contributed by atoms with Crippen molar-refractivity contribution in [2.75, 3.05) is 13.2 Å². The van der Waals surface area contributed by atoms with Crippen molar-refractivity contribution in [1.29, 1.82) is 0 Å². The Morgan fingerprint density at radius 2 is 0.627 bits per heavy atom. The van der Waals surface area contributed by atoms with Crippen LogP contribution in [0.1, 0.15) is 149 Å². The van der Waals surface area contributed by atoms with Crippen molar-refractivity contribution in [2.24, 2.45) is 0 Å². The van der Waals surface area contributed by atoms with Crippen LogP contribution in [0.25, 0.3) is 0 Å². The Hall–Kier alpha value is -5.75. The van der Waals surface area contributed by atoms with Crippen molar-refractivity contribution in [2.45, 2.75) is 155 Å². The minimum Gasteiger partial charge on any atom is -0.462 e. The predicted molar refractivity (Wildman–Crippen MR) is 287 cm³/mol. The first-order valence-corrected chi connectivity index (χ1v) is 25.1. The fourth-order valence-corrected chi connectivity index (χ4v) is 5.70. The molecule has 0 aliphatic carbocycles. The maximum Gasteiger partial charge on any atom is 0.306 e. The molecule has 0 rings (SSSR count). The summed E-state index contributed by atoms with van der Waals surface area (Å²) in [5.74, 6) is -1.12. The van der Waals surface area contributed by atoms with Gasteiger partial charge < -0.3 is 14.2 Å². The van der Waals surface area contributed by atoms with Crippen molar-refractivity contribution in [3.8, 4) is 0 Å². The Morgan fingerprint density at radius 1 is 0.313 bits per heavy atom. The summed E-state index contributed by atoms with van der Waals surface area (Å²) in [6, 6.07) is 0. The highest BCUT2D eigenvalue weighted by Crippen LogP contribution is 2.10. The molecule has 0 saturated carbocycles. The molecule has 0 bridgehead atoms. The van der Waals surface area contributed by atoms with E-state index in [1.807, 2.05) is 115 Å². The largest absolute Gasteiger partial charge is 0.462 e. The summed E-state index contributed by atoms with van der Waals surface area (Å²) >= 11 is 0. The first-order chi connectivity index (χ1) is 33.0. The number of hydrogen-bond donors (Lipinski definition) is 0. The zero-order valence-corrected chi connectivity index (χ0v) is 41.6. The maximum absolute atomic E-state index is 12.8. The second kappa shape index (κ2) is 52.9. The molecule has 1 unspecified atom stereocenters. The Bertz CT molecular complexity index is 1710. The van der Waals surface area contributed by atoms with Gasteiger partial charge in [-0.1, -0.05) is 228 Å². The third-order valence-electron chi connectivity index (χ3n) is 9.36. The van der Waals surface area contributed by atoms with Gasteiger partial charge in [-0.15, -0.1) is 0 Å². The first-order valence-electron chi connectivity index (χ1n) is 25.1. The van der Waals surface area contributed by atoms with E-state index in [1.54, 1.807) is 0 Å². The summed E-state index contributed by atoms with van der Waals surface area (Å²) in [4.78, 5) is 38.0. The molecule has 0 heterocycles. The molecule has 0 aliphatic heterocycles. The third kappa shape index (κ3) is 51.1. The number of unbranched alkanes of at least 4 members (excludes halogenated alkanes) is 7. The Balaban J connectivity index is 4.69. The number of carbonyl (C=O) groups excluding carboxylic acids is 3. The number of hydrogen-bond acceptors (Lipinski definition) is 6. The molecular weight excluding hydrogens is 829 g/mol. The highest BCUT2D eigenvalue weighted by atomic mass is 16.6. The SMILES string of the molecule is CC/C=C/C=C/C=C/C=C/C=C/C=C/CCCCCC(=O)OC(COC(=O)CCC/C=C/C=C/C=C/C=C/C=C/CC)COC(=O)CCCCC/C=C/C/C=C/C/C=C/C/C=C/C/C=C/CC. The molecule has 0 radical (unpaired) electrons. The van der Waals surface area contributed by atoms with Crippen molar-refractivity contribution in [1.82, 2.24) is 0 Å². The number of rotatable bonds is 41. The van der Waals surface area contributed by atoms with Crippen LogP contribution in [0.2, 0.25) is 0 Å². The van der Waals surface area contributed by atoms with Gasteiger partial charge in [0.1, 0.15) is 13.2 Å². The van der Waals surface area contributed by atoms with Gasteiger partial charge in [-0.05, 0) is 96.3 Å². The fourth-order valence-electron chi connectivity index (χ4n) is 5.70. The fraction of sp³-hybridized carbons (Fsp3) is 0.426. The van der Waals surface area contributed by atoms with E-state index in [2.05, 4.69) is 99.8 Å². The van der Waals surface area contributed by atoms with Crippen molar-refractivity contribution in [3.63, 3.8) is 0 Å². The molecule has 6 heteroatoms. The lowest BCUT2D eigenvalue weighted by atomic mass is 10.1. The van der Waals surface area contributed by atoms with Crippen LogP contribution >= 0.6 is 0 Å². The molecular formula is C61H86O6. The Kier molecular flexibility index (Phi) is 48.3. The van der Waals surface area contributed by atoms with Crippen LogP contribution in [-0.2, 0) is 28.6 Å². The van der Waals surface area contributed by atoms with E-state index in [9.17, 15) is 14.4 Å². The monoisotopic (exact) mass is 915 g/mol. The molecule has 67 heavy (non-hydrogen) atoms. The lowest BCUT2D eigenvalue weighted by Gasteiger charge is -2.18. The molecule has 0 aromatic heterocycles. The first kappa shape index (κ1) is 61.2. The number of allylic oxidation sites excluding steroid dienone is 32. The smallest absolute Gasteiger partial charge is 0.306 e. The van der Waals surface area contributed by atoms with Crippen LogP contribution in [0.15, 0.2) is 194 Å². The summed E-state index contributed by atoms with van der Waals surface area (Å²) < 4.78 is 16.6. The molecule has 0 saturated heterocycles. The Morgan fingerprint density at radius 3 is 1.04 bits per heavy atom. The van der Waals surface area contributed by atoms with Gasteiger partial charge in [0.15, 0.2) is 6.10 Å². The topological polar surface area (TPSA) is 78.9 Å². The van der Waals surface area contributed by atoms with Crippen LogP contribution < -0.4 is 0 Å². The normalized spacial score (nSPS) is 13.8. The van der Waals surface area contributed by atoms with Gasteiger partial charge in [-0.2, -0.15) is 0 Å². The van der Waals surface area contributed by atoms with Crippen LogP contribution in [-0.4, -0.2) is 37.2 Å². The summed E-state index contributed by atoms with van der Waals surface area (Å²) in [6.07, 6.45) is 81.3. The molecule has 0 amide bonds. The average molecular weight is 915 g/mol. The summed E-state index contributed by atoms with van der Waals surface area (Å²) in [5.41, 5.74) is 0. The standard InChI is InChI=1S/C61H86O6/c1-4-7-10-13-16-19-22-25-27-29-30-32-33-36-39-42-45-48-51-54-60(63)66-57-58(56-65-59(62)53-50-47-44-41-38-35-24-21-18-15-12-9-6-3)67-61(64)55-52-49-46-43-40-37-34-31-28-26-23-20-17-14-11-8-5-2/h7-12,14-21,23-28,30-32,34-41,44,58H,4-6,13,22,29,33,42-43,45-57H2,1-3H3/b10-7+,11-8+,12-9+,17-14+,18-15+,19-16+,23-20+,24-21+,27-25+,28-26+,32-30+,34-31+,38-35+,39-36+,40-37+,44-41+. The zero-order chi connectivity index (χ0) is 48.6. The third-order valence-corrected chi connectivity index (χ3v) is 9.36. The lowest BCUT2D eigenvalue weighted by molar-refractivity contribution is -0.167. The molecule has 1 atom stereocenters. The highest BCUT2D eigenvalue weighted by molar-refractivity contribution is 5.71. The minimum absolute atomic E-state index is 0.149. The van der Waals surface area contributed by atoms with Gasteiger partial charge >= 0.3 is 17.9 Å². The van der Waals surface area contributed by atoms with E-state index in [-0.39, 0.29) is 44.4 Å². The van der Waals surface area contributed by atoms with Gasteiger partial charge in [0.25, 0.3) is 0 Å². The molecule has 366 valence electrons. The van der Waals surface area contributed by atoms with E-state index in [0.717, 1.165) is 89.9 Å². The summed E-state index contributed by atoms with van der Waals surface area (Å²) in [6.45, 7) is 6.05. The van der Waals surface area contributed by atoms with E-state index in [4.69, 9.17) is 14.2 Å². The van der Waals surface area contributed by atoms with Crippen LogP contribution in [0.3, 0.4) is 0 Å². The molecule has 0 spiro atoms. The second-order valence-corrected chi connectivity index (χ2v) is 15.5. The maximum atomic E-state index is 12.8. The van der Waals surface area contributed by atoms with Gasteiger partial charge in [0.05, 0.1) is 0 Å².